The number of carbonyl (C=O) groups excluding carboxylic acids is 1. The fraction of sp³-hybridized carbons (Fsp3) is 0.833. The summed E-state index contributed by atoms with van der Waals surface area (Å²) in [4.78, 5) is 22.8. The van der Waals surface area contributed by atoms with E-state index in [1.807, 2.05) is 0 Å². The highest BCUT2D eigenvalue weighted by molar-refractivity contribution is 5.82. The Hall–Kier alpha value is -1.06. The summed E-state index contributed by atoms with van der Waals surface area (Å²) in [5.41, 5.74) is -1.64. The topological polar surface area (TPSA) is 63.6 Å². The summed E-state index contributed by atoms with van der Waals surface area (Å²) in [7, 11) is 0. The van der Waals surface area contributed by atoms with Crippen molar-refractivity contribution in [3.8, 4) is 0 Å². The number of carboxylic acids is 1. The van der Waals surface area contributed by atoms with E-state index in [0.29, 0.717) is 0 Å². The first-order valence-corrected chi connectivity index (χ1v) is 5.44. The van der Waals surface area contributed by atoms with Gasteiger partial charge in [-0.3, -0.25) is 9.59 Å². The molecule has 0 aromatic rings. The van der Waals surface area contributed by atoms with Crippen LogP contribution >= 0.6 is 0 Å². The molecule has 0 aliphatic rings. The number of rotatable bonds is 4. The van der Waals surface area contributed by atoms with Crippen molar-refractivity contribution < 1.29 is 19.4 Å². The lowest BCUT2D eigenvalue weighted by atomic mass is 9.76. The smallest absolute Gasteiger partial charge is 0.310 e. The number of carbonyl (C=O) groups is 2. The van der Waals surface area contributed by atoms with Crippen LogP contribution in [0.15, 0.2) is 0 Å². The molecule has 4 heteroatoms. The molecule has 0 radical (unpaired) electrons. The van der Waals surface area contributed by atoms with Crippen molar-refractivity contribution in [2.75, 3.05) is 0 Å². The predicted molar refractivity (Wildman–Crippen MR) is 61.0 cm³/mol. The molecule has 0 fully saturated rings. The predicted octanol–water partition coefficient (Wildman–Crippen LogP) is 2.47. The number of carboxylic acid groups (broad SMARTS) is 1. The van der Waals surface area contributed by atoms with Crippen LogP contribution in [0.3, 0.4) is 0 Å². The summed E-state index contributed by atoms with van der Waals surface area (Å²) < 4.78 is 5.13. The second kappa shape index (κ2) is 4.85. The minimum Gasteiger partial charge on any atom is -0.481 e. The van der Waals surface area contributed by atoms with E-state index in [0.717, 1.165) is 0 Å². The second-order valence-electron chi connectivity index (χ2n) is 5.64. The zero-order chi connectivity index (χ0) is 13.1. The average molecular weight is 230 g/mol. The maximum absolute atomic E-state index is 11.6. The first-order valence-electron chi connectivity index (χ1n) is 5.44. The quantitative estimate of drug-likeness (QED) is 0.753. The lowest BCUT2D eigenvalue weighted by Gasteiger charge is -2.29. The minimum atomic E-state index is -1.07. The first-order chi connectivity index (χ1) is 6.99. The van der Waals surface area contributed by atoms with Crippen LogP contribution in [0.5, 0.6) is 0 Å². The van der Waals surface area contributed by atoms with Gasteiger partial charge >= 0.3 is 11.9 Å². The SMILES string of the molecule is CC(C)[C@](C)(CC(=O)OC(C)(C)C)C(=O)O. The van der Waals surface area contributed by atoms with Gasteiger partial charge in [-0.05, 0) is 33.6 Å². The van der Waals surface area contributed by atoms with Gasteiger partial charge in [0.2, 0.25) is 0 Å². The molecular formula is C12H22O4. The van der Waals surface area contributed by atoms with Crippen LogP contribution in [-0.4, -0.2) is 22.6 Å². The van der Waals surface area contributed by atoms with E-state index in [1.54, 1.807) is 41.5 Å². The summed E-state index contributed by atoms with van der Waals surface area (Å²) in [6, 6.07) is 0. The molecule has 0 rings (SSSR count). The average Bonchev–Trinajstić information content (AvgIpc) is 1.98. The van der Waals surface area contributed by atoms with Crippen molar-refractivity contribution in [3.05, 3.63) is 0 Å². The Morgan fingerprint density at radius 2 is 1.62 bits per heavy atom. The molecule has 0 unspecified atom stereocenters. The van der Waals surface area contributed by atoms with Crippen molar-refractivity contribution in [2.45, 2.75) is 53.6 Å². The van der Waals surface area contributed by atoms with Crippen molar-refractivity contribution in [2.24, 2.45) is 11.3 Å². The Bertz CT molecular complexity index is 275. The van der Waals surface area contributed by atoms with Gasteiger partial charge in [0.25, 0.3) is 0 Å². The van der Waals surface area contributed by atoms with Crippen LogP contribution in [-0.2, 0) is 14.3 Å². The highest BCUT2D eigenvalue weighted by atomic mass is 16.6. The zero-order valence-corrected chi connectivity index (χ0v) is 11.0. The molecule has 0 amide bonds. The monoisotopic (exact) mass is 230 g/mol. The van der Waals surface area contributed by atoms with Crippen molar-refractivity contribution in [3.63, 3.8) is 0 Å². The van der Waals surface area contributed by atoms with E-state index in [1.165, 1.54) is 0 Å². The van der Waals surface area contributed by atoms with Crippen molar-refractivity contribution in [1.82, 2.24) is 0 Å². The summed E-state index contributed by atoms with van der Waals surface area (Å²) in [6.07, 6.45) is -0.0999. The molecule has 1 N–H and O–H groups in total. The Kier molecular flexibility index (Phi) is 4.53. The van der Waals surface area contributed by atoms with E-state index < -0.39 is 23.0 Å². The summed E-state index contributed by atoms with van der Waals surface area (Å²) in [6.45, 7) is 10.4. The molecule has 0 spiro atoms. The Labute approximate surface area is 97.0 Å². The van der Waals surface area contributed by atoms with Gasteiger partial charge in [0.05, 0.1) is 11.8 Å². The maximum atomic E-state index is 11.6. The van der Waals surface area contributed by atoms with E-state index in [-0.39, 0.29) is 12.3 Å². The molecule has 16 heavy (non-hydrogen) atoms. The number of hydrogen-bond donors (Lipinski definition) is 1. The van der Waals surface area contributed by atoms with Crippen LogP contribution in [0, 0.1) is 11.3 Å². The standard InChI is InChI=1S/C12H22O4/c1-8(2)12(6,10(14)15)7-9(13)16-11(3,4)5/h8H,7H2,1-6H3,(H,14,15)/t12-/m0/s1. The molecule has 0 saturated carbocycles. The molecule has 0 aromatic heterocycles. The fourth-order valence-corrected chi connectivity index (χ4v) is 1.20. The van der Waals surface area contributed by atoms with E-state index in [9.17, 15) is 9.59 Å². The highest BCUT2D eigenvalue weighted by Gasteiger charge is 2.40. The van der Waals surface area contributed by atoms with Gasteiger partial charge in [0.15, 0.2) is 0 Å². The number of ether oxygens (including phenoxy) is 1. The van der Waals surface area contributed by atoms with Gasteiger partial charge in [-0.1, -0.05) is 13.8 Å². The Morgan fingerprint density at radius 3 is 1.88 bits per heavy atom. The van der Waals surface area contributed by atoms with Crippen LogP contribution in [0.1, 0.15) is 48.0 Å². The van der Waals surface area contributed by atoms with Crippen LogP contribution < -0.4 is 0 Å². The minimum absolute atomic E-state index is 0.0999. The molecule has 0 aliphatic heterocycles. The maximum Gasteiger partial charge on any atom is 0.310 e. The van der Waals surface area contributed by atoms with Crippen LogP contribution in [0.4, 0.5) is 0 Å². The molecule has 4 nitrogen and oxygen atoms in total. The van der Waals surface area contributed by atoms with Gasteiger partial charge < -0.3 is 9.84 Å². The molecule has 0 bridgehead atoms. The molecule has 0 saturated heterocycles. The van der Waals surface area contributed by atoms with E-state index in [4.69, 9.17) is 9.84 Å². The number of hydrogen-bond acceptors (Lipinski definition) is 3. The largest absolute Gasteiger partial charge is 0.481 e. The van der Waals surface area contributed by atoms with Crippen molar-refractivity contribution in [1.29, 1.82) is 0 Å². The zero-order valence-electron chi connectivity index (χ0n) is 11.0. The van der Waals surface area contributed by atoms with E-state index >= 15 is 0 Å². The molecule has 1 atom stereocenters. The molecule has 0 heterocycles. The van der Waals surface area contributed by atoms with Gasteiger partial charge in [0, 0.05) is 0 Å². The highest BCUT2D eigenvalue weighted by Crippen LogP contribution is 2.32. The van der Waals surface area contributed by atoms with Gasteiger partial charge in [-0.25, -0.2) is 0 Å². The van der Waals surface area contributed by atoms with Gasteiger partial charge in [-0.15, -0.1) is 0 Å². The Balaban J connectivity index is 4.68. The molecule has 94 valence electrons. The Morgan fingerprint density at radius 1 is 1.19 bits per heavy atom. The lowest BCUT2D eigenvalue weighted by Crippen LogP contribution is -2.37. The van der Waals surface area contributed by atoms with Crippen LogP contribution in [0.2, 0.25) is 0 Å². The fourth-order valence-electron chi connectivity index (χ4n) is 1.20. The summed E-state index contributed by atoms with van der Waals surface area (Å²) in [5, 5.41) is 9.14. The molecule has 0 aliphatic carbocycles. The number of aliphatic carboxylic acids is 1. The van der Waals surface area contributed by atoms with Gasteiger partial charge in [0.1, 0.15) is 5.60 Å². The third kappa shape index (κ3) is 4.21. The summed E-state index contributed by atoms with van der Waals surface area (Å²) >= 11 is 0. The second-order valence-corrected chi connectivity index (χ2v) is 5.64. The number of esters is 1. The van der Waals surface area contributed by atoms with Gasteiger partial charge in [-0.2, -0.15) is 0 Å². The normalized spacial score (nSPS) is 15.7. The van der Waals surface area contributed by atoms with E-state index in [2.05, 4.69) is 0 Å². The third-order valence-electron chi connectivity index (χ3n) is 2.69. The molecular weight excluding hydrogens is 208 g/mol. The summed E-state index contributed by atoms with van der Waals surface area (Å²) in [5.74, 6) is -1.56. The molecule has 0 aromatic carbocycles. The van der Waals surface area contributed by atoms with Crippen molar-refractivity contribution >= 4 is 11.9 Å². The third-order valence-corrected chi connectivity index (χ3v) is 2.69. The van der Waals surface area contributed by atoms with Crippen LogP contribution in [0.25, 0.3) is 0 Å². The first kappa shape index (κ1) is 14.9. The lowest BCUT2D eigenvalue weighted by molar-refractivity contribution is -0.166.